The highest BCUT2D eigenvalue weighted by atomic mass is 15.2. The molecule has 0 aliphatic rings. The number of hydrogen-bond acceptors (Lipinski definition) is 4. The number of anilines is 1. The average Bonchev–Trinajstić information content (AvgIpc) is 2.72. The molecule has 5 heteroatoms. The molecule has 0 bridgehead atoms. The van der Waals surface area contributed by atoms with Gasteiger partial charge < -0.3 is 5.73 Å². The average molecular weight is 211 g/mol. The van der Waals surface area contributed by atoms with Crippen LogP contribution in [0.15, 0.2) is 42.6 Å². The van der Waals surface area contributed by atoms with Crippen LogP contribution < -0.4 is 5.73 Å². The molecule has 3 heterocycles. The van der Waals surface area contributed by atoms with Crippen LogP contribution in [0.1, 0.15) is 0 Å². The number of nitrogens with zero attached hydrogens (tertiary/aromatic N) is 4. The highest BCUT2D eigenvalue weighted by Crippen LogP contribution is 2.16. The Morgan fingerprint density at radius 3 is 2.81 bits per heavy atom. The third-order valence-electron chi connectivity index (χ3n) is 2.31. The Morgan fingerprint density at radius 2 is 1.94 bits per heavy atom. The summed E-state index contributed by atoms with van der Waals surface area (Å²) < 4.78 is 1.88. The predicted octanol–water partition coefficient (Wildman–Crippen LogP) is 1.37. The molecule has 0 saturated heterocycles. The molecule has 0 spiro atoms. The third kappa shape index (κ3) is 1.30. The van der Waals surface area contributed by atoms with Gasteiger partial charge in [0.2, 0.25) is 0 Å². The van der Waals surface area contributed by atoms with E-state index in [0.717, 1.165) is 11.3 Å². The van der Waals surface area contributed by atoms with E-state index in [-0.39, 0.29) is 0 Å². The summed E-state index contributed by atoms with van der Waals surface area (Å²) in [7, 11) is 0. The highest BCUT2D eigenvalue weighted by molar-refractivity contribution is 5.56. The highest BCUT2D eigenvalue weighted by Gasteiger charge is 2.08. The van der Waals surface area contributed by atoms with Crippen molar-refractivity contribution in [2.45, 2.75) is 0 Å². The number of pyridine rings is 2. The summed E-state index contributed by atoms with van der Waals surface area (Å²) in [4.78, 5) is 4.22. The molecule has 78 valence electrons. The fraction of sp³-hybridized carbons (Fsp3) is 0. The van der Waals surface area contributed by atoms with Gasteiger partial charge >= 0.3 is 0 Å². The van der Waals surface area contributed by atoms with Gasteiger partial charge in [-0.2, -0.15) is 0 Å². The fourth-order valence-electron chi connectivity index (χ4n) is 1.59. The summed E-state index contributed by atoms with van der Waals surface area (Å²) in [6, 6.07) is 11.2. The first-order valence-corrected chi connectivity index (χ1v) is 4.87. The van der Waals surface area contributed by atoms with Crippen molar-refractivity contribution in [1.82, 2.24) is 19.6 Å². The second-order valence-electron chi connectivity index (χ2n) is 3.40. The van der Waals surface area contributed by atoms with Gasteiger partial charge in [-0.3, -0.25) is 4.40 Å². The van der Waals surface area contributed by atoms with Crippen molar-refractivity contribution in [1.29, 1.82) is 0 Å². The molecule has 5 nitrogen and oxygen atoms in total. The Morgan fingerprint density at radius 1 is 1.00 bits per heavy atom. The maximum Gasteiger partial charge on any atom is 0.187 e. The van der Waals surface area contributed by atoms with Crippen molar-refractivity contribution in [2.24, 2.45) is 0 Å². The lowest BCUT2D eigenvalue weighted by atomic mass is 10.3. The van der Waals surface area contributed by atoms with Gasteiger partial charge in [0, 0.05) is 6.20 Å². The summed E-state index contributed by atoms with van der Waals surface area (Å²) in [6.45, 7) is 0. The van der Waals surface area contributed by atoms with E-state index in [1.807, 2.05) is 40.9 Å². The van der Waals surface area contributed by atoms with E-state index in [1.54, 1.807) is 6.07 Å². The van der Waals surface area contributed by atoms with Gasteiger partial charge in [0.15, 0.2) is 11.5 Å². The number of fused-ring (bicyclic) bond motifs is 1. The van der Waals surface area contributed by atoms with Gasteiger partial charge in [0.1, 0.15) is 11.5 Å². The molecule has 3 rings (SSSR count). The van der Waals surface area contributed by atoms with E-state index in [4.69, 9.17) is 5.73 Å². The molecule has 0 aliphatic carbocycles. The first kappa shape index (κ1) is 8.84. The normalized spacial score (nSPS) is 10.8. The van der Waals surface area contributed by atoms with E-state index in [9.17, 15) is 0 Å². The molecule has 16 heavy (non-hydrogen) atoms. The summed E-state index contributed by atoms with van der Waals surface area (Å²) >= 11 is 0. The molecule has 0 atom stereocenters. The summed E-state index contributed by atoms with van der Waals surface area (Å²) in [6.07, 6.45) is 1.90. The van der Waals surface area contributed by atoms with Gasteiger partial charge in [-0.25, -0.2) is 4.98 Å². The van der Waals surface area contributed by atoms with E-state index in [2.05, 4.69) is 15.2 Å². The van der Waals surface area contributed by atoms with Crippen LogP contribution in [0.3, 0.4) is 0 Å². The van der Waals surface area contributed by atoms with Crippen molar-refractivity contribution >= 4 is 11.5 Å². The predicted molar refractivity (Wildman–Crippen MR) is 60.6 cm³/mol. The minimum absolute atomic E-state index is 0.477. The molecule has 0 amide bonds. The molecule has 0 fully saturated rings. The Balaban J connectivity index is 2.26. The largest absolute Gasteiger partial charge is 0.384 e. The molecule has 0 radical (unpaired) electrons. The van der Waals surface area contributed by atoms with Crippen LogP contribution in [0.25, 0.3) is 17.2 Å². The van der Waals surface area contributed by atoms with E-state index < -0.39 is 0 Å². The fourth-order valence-corrected chi connectivity index (χ4v) is 1.59. The Kier molecular flexibility index (Phi) is 1.83. The zero-order chi connectivity index (χ0) is 11.0. The quantitative estimate of drug-likeness (QED) is 0.660. The first-order chi connectivity index (χ1) is 7.84. The van der Waals surface area contributed by atoms with Crippen LogP contribution in [0.4, 0.5) is 5.82 Å². The Hall–Kier alpha value is -2.43. The molecule has 3 aromatic rings. The zero-order valence-electron chi connectivity index (χ0n) is 8.41. The number of rotatable bonds is 1. The van der Waals surface area contributed by atoms with Gasteiger partial charge in [0.25, 0.3) is 0 Å². The maximum atomic E-state index is 5.64. The Bertz CT molecular complexity index is 643. The van der Waals surface area contributed by atoms with Gasteiger partial charge in [0.05, 0.1) is 0 Å². The summed E-state index contributed by atoms with van der Waals surface area (Å²) in [5.41, 5.74) is 7.15. The monoisotopic (exact) mass is 211 g/mol. The van der Waals surface area contributed by atoms with Crippen molar-refractivity contribution in [2.75, 3.05) is 5.73 Å². The van der Waals surface area contributed by atoms with Crippen LogP contribution in [0.2, 0.25) is 0 Å². The molecule has 0 saturated carbocycles. The molecule has 3 aromatic heterocycles. The zero-order valence-corrected chi connectivity index (χ0v) is 8.41. The lowest BCUT2D eigenvalue weighted by Gasteiger charge is -1.99. The maximum absolute atomic E-state index is 5.64. The topological polar surface area (TPSA) is 69.1 Å². The summed E-state index contributed by atoms with van der Waals surface area (Å²) in [5.74, 6) is 1.17. The number of nitrogen functional groups attached to an aromatic ring is 1. The number of nitrogens with two attached hydrogens (primary N) is 1. The minimum atomic E-state index is 0.477. The first-order valence-electron chi connectivity index (χ1n) is 4.87. The van der Waals surface area contributed by atoms with Crippen LogP contribution in [-0.4, -0.2) is 19.6 Å². The third-order valence-corrected chi connectivity index (χ3v) is 2.31. The van der Waals surface area contributed by atoms with E-state index in [1.165, 1.54) is 0 Å². The summed E-state index contributed by atoms with van der Waals surface area (Å²) in [5, 5.41) is 8.16. The molecule has 0 aliphatic heterocycles. The second kappa shape index (κ2) is 3.30. The number of hydrogen-bond donors (Lipinski definition) is 1. The van der Waals surface area contributed by atoms with Crippen molar-refractivity contribution < 1.29 is 0 Å². The molecular weight excluding hydrogens is 202 g/mol. The number of aromatic nitrogens is 4. The minimum Gasteiger partial charge on any atom is -0.384 e. The van der Waals surface area contributed by atoms with Crippen LogP contribution in [-0.2, 0) is 0 Å². The van der Waals surface area contributed by atoms with Gasteiger partial charge in [-0.1, -0.05) is 12.1 Å². The lowest BCUT2D eigenvalue weighted by molar-refractivity contribution is 1.09. The van der Waals surface area contributed by atoms with Gasteiger partial charge in [-0.15, -0.1) is 10.2 Å². The SMILES string of the molecule is Nc1cccc(-c2nnc3ccccn23)n1. The van der Waals surface area contributed by atoms with Crippen molar-refractivity contribution in [3.8, 4) is 11.5 Å². The molecular formula is C11H9N5. The van der Waals surface area contributed by atoms with Crippen molar-refractivity contribution in [3.63, 3.8) is 0 Å². The second-order valence-corrected chi connectivity index (χ2v) is 3.40. The lowest BCUT2D eigenvalue weighted by Crippen LogP contribution is -1.95. The Labute approximate surface area is 91.6 Å². The van der Waals surface area contributed by atoms with Crippen LogP contribution >= 0.6 is 0 Å². The van der Waals surface area contributed by atoms with Crippen LogP contribution in [0, 0.1) is 0 Å². The molecule has 0 aromatic carbocycles. The molecule has 2 N–H and O–H groups in total. The molecule has 0 unspecified atom stereocenters. The van der Waals surface area contributed by atoms with E-state index in [0.29, 0.717) is 11.6 Å². The smallest absolute Gasteiger partial charge is 0.187 e. The van der Waals surface area contributed by atoms with Gasteiger partial charge in [-0.05, 0) is 24.3 Å². The van der Waals surface area contributed by atoms with E-state index >= 15 is 0 Å². The van der Waals surface area contributed by atoms with Crippen molar-refractivity contribution in [3.05, 3.63) is 42.6 Å². The standard InChI is InChI=1S/C11H9N5/c12-9-5-3-4-8(13-9)11-15-14-10-6-1-2-7-16(10)11/h1-7H,(H2,12,13). The van der Waals surface area contributed by atoms with Crippen LogP contribution in [0.5, 0.6) is 0 Å².